The summed E-state index contributed by atoms with van der Waals surface area (Å²) in [6, 6.07) is 5.79. The van der Waals surface area contributed by atoms with Crippen molar-refractivity contribution in [2.75, 3.05) is 18.1 Å². The fourth-order valence-electron chi connectivity index (χ4n) is 2.22. The van der Waals surface area contributed by atoms with Crippen molar-refractivity contribution in [1.29, 1.82) is 0 Å². The molecule has 1 aromatic carbocycles. The van der Waals surface area contributed by atoms with E-state index in [0.29, 0.717) is 5.69 Å². The first-order valence-electron chi connectivity index (χ1n) is 6.79. The zero-order chi connectivity index (χ0) is 15.2. The largest absolute Gasteiger partial charge is 0.478 e. The molecule has 0 fully saturated rings. The molecule has 0 radical (unpaired) electrons. The van der Waals surface area contributed by atoms with Gasteiger partial charge in [0.1, 0.15) is 0 Å². The topological polar surface area (TPSA) is 89.9 Å². The number of nitrogens with one attached hydrogen (secondary N) is 1. The van der Waals surface area contributed by atoms with Crippen LogP contribution in [0.4, 0.5) is 10.5 Å². The lowest BCUT2D eigenvalue weighted by Crippen LogP contribution is -2.45. The van der Waals surface area contributed by atoms with Gasteiger partial charge in [-0.1, -0.05) is 12.2 Å². The minimum Gasteiger partial charge on any atom is -0.478 e. The number of aromatic carboxylic acids is 1. The van der Waals surface area contributed by atoms with Crippen LogP contribution in [-0.2, 0) is 0 Å². The van der Waals surface area contributed by atoms with E-state index in [1.165, 1.54) is 17.0 Å². The minimum absolute atomic E-state index is 0.0805. The third-order valence-electron chi connectivity index (χ3n) is 3.33. The van der Waals surface area contributed by atoms with E-state index in [1.807, 2.05) is 12.2 Å². The highest BCUT2D eigenvalue weighted by Crippen LogP contribution is 2.17. The SMILES string of the molecule is O=C(O)c1ccc(N(CCO)C(=O)NC2CC=CC2)cc1. The summed E-state index contributed by atoms with van der Waals surface area (Å²) in [6.07, 6.45) is 5.64. The predicted molar refractivity (Wildman–Crippen MR) is 78.5 cm³/mol. The van der Waals surface area contributed by atoms with Crippen LogP contribution in [0.15, 0.2) is 36.4 Å². The van der Waals surface area contributed by atoms with Crippen LogP contribution >= 0.6 is 0 Å². The second-order valence-electron chi connectivity index (χ2n) is 4.82. The van der Waals surface area contributed by atoms with Gasteiger partial charge in [-0.15, -0.1) is 0 Å². The van der Waals surface area contributed by atoms with Crippen LogP contribution in [0, 0.1) is 0 Å². The molecule has 0 spiro atoms. The number of hydrogen-bond acceptors (Lipinski definition) is 3. The smallest absolute Gasteiger partial charge is 0.335 e. The molecule has 0 atom stereocenters. The lowest BCUT2D eigenvalue weighted by molar-refractivity contribution is 0.0697. The first-order valence-corrected chi connectivity index (χ1v) is 6.79. The van der Waals surface area contributed by atoms with Crippen molar-refractivity contribution in [1.82, 2.24) is 5.32 Å². The number of aliphatic hydroxyl groups excluding tert-OH is 1. The molecule has 2 rings (SSSR count). The zero-order valence-electron chi connectivity index (χ0n) is 11.5. The number of carbonyl (C=O) groups is 2. The zero-order valence-corrected chi connectivity index (χ0v) is 11.5. The average Bonchev–Trinajstić information content (AvgIpc) is 2.97. The Morgan fingerprint density at radius 3 is 2.33 bits per heavy atom. The fourth-order valence-corrected chi connectivity index (χ4v) is 2.22. The van der Waals surface area contributed by atoms with E-state index in [9.17, 15) is 9.59 Å². The molecule has 0 aliphatic heterocycles. The maximum atomic E-state index is 12.3. The third kappa shape index (κ3) is 3.82. The Kier molecular flexibility index (Phi) is 4.94. The van der Waals surface area contributed by atoms with Crippen molar-refractivity contribution in [3.8, 4) is 0 Å². The van der Waals surface area contributed by atoms with Crippen LogP contribution < -0.4 is 10.2 Å². The van der Waals surface area contributed by atoms with Gasteiger partial charge < -0.3 is 15.5 Å². The molecule has 0 heterocycles. The molecular weight excluding hydrogens is 272 g/mol. The van der Waals surface area contributed by atoms with E-state index >= 15 is 0 Å². The quantitative estimate of drug-likeness (QED) is 0.719. The van der Waals surface area contributed by atoms with E-state index in [4.69, 9.17) is 10.2 Å². The number of amides is 2. The Bertz CT molecular complexity index is 531. The molecule has 6 nitrogen and oxygen atoms in total. The number of aliphatic hydroxyl groups is 1. The molecular formula is C15H18N2O4. The summed E-state index contributed by atoms with van der Waals surface area (Å²) in [5.74, 6) is -1.02. The number of carboxylic acids is 1. The maximum Gasteiger partial charge on any atom is 0.335 e. The summed E-state index contributed by atoms with van der Waals surface area (Å²) >= 11 is 0. The van der Waals surface area contributed by atoms with Gasteiger partial charge in [0.2, 0.25) is 0 Å². The van der Waals surface area contributed by atoms with Crippen LogP contribution in [0.5, 0.6) is 0 Å². The summed E-state index contributed by atoms with van der Waals surface area (Å²) in [6.45, 7) is -0.0184. The van der Waals surface area contributed by atoms with Crippen molar-refractivity contribution < 1.29 is 19.8 Å². The first kappa shape index (κ1) is 15.1. The second-order valence-corrected chi connectivity index (χ2v) is 4.82. The van der Waals surface area contributed by atoms with Crippen LogP contribution in [0.1, 0.15) is 23.2 Å². The standard InChI is InChI=1S/C15H18N2O4/c18-10-9-17(15(21)16-12-3-1-2-4-12)13-7-5-11(6-8-13)14(19)20/h1-2,5-8,12,18H,3-4,9-10H2,(H,16,21)(H,19,20). The van der Waals surface area contributed by atoms with Gasteiger partial charge in [-0.25, -0.2) is 9.59 Å². The van der Waals surface area contributed by atoms with Crippen LogP contribution in [0.25, 0.3) is 0 Å². The normalized spacial score (nSPS) is 14.1. The summed E-state index contributed by atoms with van der Waals surface area (Å²) in [5.41, 5.74) is 0.709. The molecule has 6 heteroatoms. The van der Waals surface area contributed by atoms with E-state index in [1.54, 1.807) is 12.1 Å². The lowest BCUT2D eigenvalue weighted by Gasteiger charge is -2.24. The van der Waals surface area contributed by atoms with Gasteiger partial charge in [-0.2, -0.15) is 0 Å². The Hall–Kier alpha value is -2.34. The first-order chi connectivity index (χ1) is 10.1. The van der Waals surface area contributed by atoms with Gasteiger partial charge >= 0.3 is 12.0 Å². The lowest BCUT2D eigenvalue weighted by atomic mass is 10.2. The molecule has 0 unspecified atom stereocenters. The Morgan fingerprint density at radius 2 is 1.81 bits per heavy atom. The second kappa shape index (κ2) is 6.90. The molecule has 0 bridgehead atoms. The number of rotatable bonds is 5. The third-order valence-corrected chi connectivity index (χ3v) is 3.33. The van der Waals surface area contributed by atoms with E-state index < -0.39 is 5.97 Å². The molecule has 1 aliphatic carbocycles. The maximum absolute atomic E-state index is 12.3. The summed E-state index contributed by atoms with van der Waals surface area (Å²) in [4.78, 5) is 24.5. The number of hydrogen-bond donors (Lipinski definition) is 3. The Morgan fingerprint density at radius 1 is 1.19 bits per heavy atom. The predicted octanol–water partition coefficient (Wildman–Crippen LogP) is 1.61. The van der Waals surface area contributed by atoms with Gasteiger partial charge in [0, 0.05) is 11.7 Å². The Balaban J connectivity index is 2.09. The summed E-state index contributed by atoms with van der Waals surface area (Å²) in [7, 11) is 0. The number of anilines is 1. The van der Waals surface area contributed by atoms with Crippen molar-refractivity contribution in [2.24, 2.45) is 0 Å². The van der Waals surface area contributed by atoms with Crippen molar-refractivity contribution in [3.63, 3.8) is 0 Å². The van der Waals surface area contributed by atoms with E-state index in [2.05, 4.69) is 5.32 Å². The molecule has 2 amide bonds. The molecule has 21 heavy (non-hydrogen) atoms. The molecule has 1 aromatic rings. The minimum atomic E-state index is -1.02. The number of urea groups is 1. The van der Waals surface area contributed by atoms with E-state index in [0.717, 1.165) is 12.8 Å². The van der Waals surface area contributed by atoms with Crippen molar-refractivity contribution in [3.05, 3.63) is 42.0 Å². The molecule has 1 aliphatic rings. The molecule has 0 saturated carbocycles. The van der Waals surface area contributed by atoms with Crippen LogP contribution in [0.3, 0.4) is 0 Å². The number of nitrogens with zero attached hydrogens (tertiary/aromatic N) is 1. The summed E-state index contributed by atoms with van der Waals surface area (Å²) < 4.78 is 0. The number of benzene rings is 1. The highest BCUT2D eigenvalue weighted by Gasteiger charge is 2.20. The summed E-state index contributed by atoms with van der Waals surface area (Å²) in [5, 5.41) is 20.9. The van der Waals surface area contributed by atoms with Gasteiger partial charge in [0.15, 0.2) is 0 Å². The molecule has 112 valence electrons. The van der Waals surface area contributed by atoms with Gasteiger partial charge in [-0.3, -0.25) is 4.90 Å². The number of carbonyl (C=O) groups excluding carboxylic acids is 1. The van der Waals surface area contributed by atoms with Gasteiger partial charge in [-0.05, 0) is 37.1 Å². The monoisotopic (exact) mass is 290 g/mol. The van der Waals surface area contributed by atoms with Crippen molar-refractivity contribution in [2.45, 2.75) is 18.9 Å². The highest BCUT2D eigenvalue weighted by atomic mass is 16.4. The highest BCUT2D eigenvalue weighted by molar-refractivity contribution is 5.93. The van der Waals surface area contributed by atoms with Crippen LogP contribution in [0.2, 0.25) is 0 Å². The average molecular weight is 290 g/mol. The van der Waals surface area contributed by atoms with E-state index in [-0.39, 0.29) is 30.8 Å². The van der Waals surface area contributed by atoms with Gasteiger partial charge in [0.25, 0.3) is 0 Å². The molecule has 0 aromatic heterocycles. The Labute approximate surface area is 122 Å². The van der Waals surface area contributed by atoms with Crippen molar-refractivity contribution >= 4 is 17.7 Å². The number of carboxylic acid groups (broad SMARTS) is 1. The van der Waals surface area contributed by atoms with Gasteiger partial charge in [0.05, 0.1) is 18.7 Å². The fraction of sp³-hybridized carbons (Fsp3) is 0.333. The molecule has 0 saturated heterocycles. The molecule has 3 N–H and O–H groups in total. The van der Waals surface area contributed by atoms with Crippen LogP contribution in [-0.4, -0.2) is 41.4 Å².